The molecule has 1 fully saturated rings. The van der Waals surface area contributed by atoms with Crippen molar-refractivity contribution in [2.75, 3.05) is 11.4 Å². The number of hydrogen-bond donors (Lipinski definition) is 1. The SMILES string of the molecule is CC1CN(c2ccccc2Cl)C(=O)C(C)(C)N1. The molecular weight excluding hydrogens is 236 g/mol. The Kier molecular flexibility index (Phi) is 3.15. The van der Waals surface area contributed by atoms with Crippen molar-refractivity contribution in [3.63, 3.8) is 0 Å². The highest BCUT2D eigenvalue weighted by Gasteiger charge is 2.39. The lowest BCUT2D eigenvalue weighted by atomic mass is 9.97. The molecule has 4 heteroatoms. The first kappa shape index (κ1) is 12.4. The Hall–Kier alpha value is -1.06. The molecule has 0 aromatic heterocycles. The molecule has 0 bridgehead atoms. The molecule has 92 valence electrons. The highest BCUT2D eigenvalue weighted by Crippen LogP contribution is 2.29. The Labute approximate surface area is 107 Å². The van der Waals surface area contributed by atoms with Crippen molar-refractivity contribution in [1.29, 1.82) is 0 Å². The summed E-state index contributed by atoms with van der Waals surface area (Å²) < 4.78 is 0. The molecule has 1 aromatic carbocycles. The van der Waals surface area contributed by atoms with Gasteiger partial charge in [-0.3, -0.25) is 10.1 Å². The molecule has 1 N–H and O–H groups in total. The maximum atomic E-state index is 12.4. The number of rotatable bonds is 1. The number of carbonyl (C=O) groups excluding carboxylic acids is 1. The minimum absolute atomic E-state index is 0.0590. The van der Waals surface area contributed by atoms with Crippen molar-refractivity contribution >= 4 is 23.2 Å². The largest absolute Gasteiger partial charge is 0.308 e. The van der Waals surface area contributed by atoms with Gasteiger partial charge in [-0.2, -0.15) is 0 Å². The number of amides is 1. The molecule has 0 spiro atoms. The fourth-order valence-corrected chi connectivity index (χ4v) is 2.53. The number of piperazine rings is 1. The monoisotopic (exact) mass is 252 g/mol. The zero-order valence-corrected chi connectivity index (χ0v) is 11.1. The standard InChI is InChI=1S/C13H17ClN2O/c1-9-8-16(12(17)13(2,3)15-9)11-7-5-4-6-10(11)14/h4-7,9,15H,8H2,1-3H3. The molecule has 1 aromatic rings. The zero-order chi connectivity index (χ0) is 12.6. The Balaban J connectivity index is 2.38. The van der Waals surface area contributed by atoms with Gasteiger partial charge >= 0.3 is 0 Å². The van der Waals surface area contributed by atoms with E-state index in [1.165, 1.54) is 0 Å². The highest BCUT2D eigenvalue weighted by molar-refractivity contribution is 6.33. The number of benzene rings is 1. The van der Waals surface area contributed by atoms with Gasteiger partial charge in [-0.1, -0.05) is 23.7 Å². The summed E-state index contributed by atoms with van der Waals surface area (Å²) in [5.41, 5.74) is 0.247. The second-order valence-electron chi connectivity index (χ2n) is 5.04. The second-order valence-corrected chi connectivity index (χ2v) is 5.44. The third kappa shape index (κ3) is 2.31. The zero-order valence-electron chi connectivity index (χ0n) is 10.3. The molecule has 17 heavy (non-hydrogen) atoms. The minimum Gasteiger partial charge on any atom is -0.308 e. The van der Waals surface area contributed by atoms with Crippen LogP contribution in [0, 0.1) is 0 Å². The first-order chi connectivity index (χ1) is 7.92. The topological polar surface area (TPSA) is 32.3 Å². The molecule has 1 heterocycles. The van der Waals surface area contributed by atoms with Crippen LogP contribution < -0.4 is 10.2 Å². The van der Waals surface area contributed by atoms with Crippen LogP contribution in [0.15, 0.2) is 24.3 Å². The summed E-state index contributed by atoms with van der Waals surface area (Å²) in [4.78, 5) is 14.1. The summed E-state index contributed by atoms with van der Waals surface area (Å²) in [6, 6.07) is 7.71. The fraction of sp³-hybridized carbons (Fsp3) is 0.462. The number of nitrogens with zero attached hydrogens (tertiary/aromatic N) is 1. The van der Waals surface area contributed by atoms with Gasteiger partial charge in [0.05, 0.1) is 16.2 Å². The van der Waals surface area contributed by atoms with Gasteiger partial charge in [0.15, 0.2) is 0 Å². The van der Waals surface area contributed by atoms with Crippen molar-refractivity contribution < 1.29 is 4.79 Å². The van der Waals surface area contributed by atoms with Crippen molar-refractivity contribution in [2.24, 2.45) is 0 Å². The molecule has 1 unspecified atom stereocenters. The van der Waals surface area contributed by atoms with Crippen molar-refractivity contribution in [3.05, 3.63) is 29.3 Å². The van der Waals surface area contributed by atoms with E-state index in [9.17, 15) is 4.79 Å². The lowest BCUT2D eigenvalue weighted by Gasteiger charge is -2.41. The maximum Gasteiger partial charge on any atom is 0.246 e. The highest BCUT2D eigenvalue weighted by atomic mass is 35.5. The molecule has 1 aliphatic heterocycles. The lowest BCUT2D eigenvalue weighted by Crippen LogP contribution is -2.65. The van der Waals surface area contributed by atoms with Gasteiger partial charge in [-0.15, -0.1) is 0 Å². The molecule has 1 saturated heterocycles. The van der Waals surface area contributed by atoms with Gasteiger partial charge in [-0.05, 0) is 32.9 Å². The molecule has 0 aliphatic carbocycles. The third-order valence-corrected chi connectivity index (χ3v) is 3.31. The molecule has 0 saturated carbocycles. The number of nitrogens with one attached hydrogen (secondary N) is 1. The molecule has 1 atom stereocenters. The van der Waals surface area contributed by atoms with Gasteiger partial charge in [0.1, 0.15) is 0 Å². The first-order valence-electron chi connectivity index (χ1n) is 5.76. The van der Waals surface area contributed by atoms with Crippen LogP contribution in [0.1, 0.15) is 20.8 Å². The smallest absolute Gasteiger partial charge is 0.246 e. The lowest BCUT2D eigenvalue weighted by molar-refractivity contribution is -0.125. The normalized spacial score (nSPS) is 23.9. The fourth-order valence-electron chi connectivity index (χ4n) is 2.30. The number of para-hydroxylation sites is 1. The predicted molar refractivity (Wildman–Crippen MR) is 70.5 cm³/mol. The molecule has 1 amide bonds. The average molecular weight is 253 g/mol. The summed E-state index contributed by atoms with van der Waals surface area (Å²) in [6.45, 7) is 6.51. The van der Waals surface area contributed by atoms with E-state index in [0.717, 1.165) is 5.69 Å². The van der Waals surface area contributed by atoms with Crippen molar-refractivity contribution in [1.82, 2.24) is 5.32 Å². The molecular formula is C13H17ClN2O. The molecule has 0 radical (unpaired) electrons. The summed E-state index contributed by atoms with van der Waals surface area (Å²) in [7, 11) is 0. The van der Waals surface area contributed by atoms with E-state index in [2.05, 4.69) is 12.2 Å². The summed E-state index contributed by atoms with van der Waals surface area (Å²) in [5.74, 6) is 0.0590. The number of halogens is 1. The van der Waals surface area contributed by atoms with E-state index in [1.54, 1.807) is 4.90 Å². The predicted octanol–water partition coefficient (Wildman–Crippen LogP) is 2.44. The van der Waals surface area contributed by atoms with Crippen molar-refractivity contribution in [3.8, 4) is 0 Å². The average Bonchev–Trinajstić information content (AvgIpc) is 2.24. The first-order valence-corrected chi connectivity index (χ1v) is 6.14. The molecule has 3 nitrogen and oxygen atoms in total. The van der Waals surface area contributed by atoms with E-state index < -0.39 is 5.54 Å². The van der Waals surface area contributed by atoms with E-state index in [-0.39, 0.29) is 11.9 Å². The van der Waals surface area contributed by atoms with Gasteiger partial charge in [0, 0.05) is 12.6 Å². The van der Waals surface area contributed by atoms with Crippen LogP contribution in [0.4, 0.5) is 5.69 Å². The van der Waals surface area contributed by atoms with Crippen molar-refractivity contribution in [2.45, 2.75) is 32.4 Å². The van der Waals surface area contributed by atoms with Gasteiger partial charge in [-0.25, -0.2) is 0 Å². The van der Waals surface area contributed by atoms with E-state index in [0.29, 0.717) is 11.6 Å². The van der Waals surface area contributed by atoms with E-state index >= 15 is 0 Å². The number of carbonyl (C=O) groups is 1. The van der Waals surface area contributed by atoms with Crippen LogP contribution in [0.5, 0.6) is 0 Å². The quantitative estimate of drug-likeness (QED) is 0.833. The second kappa shape index (κ2) is 4.31. The van der Waals surface area contributed by atoms with Crippen LogP contribution >= 0.6 is 11.6 Å². The molecule has 2 rings (SSSR count). The number of hydrogen-bond acceptors (Lipinski definition) is 2. The molecule has 1 aliphatic rings. The van der Waals surface area contributed by atoms with Crippen LogP contribution in [0.25, 0.3) is 0 Å². The van der Waals surface area contributed by atoms with Gasteiger partial charge in [0.2, 0.25) is 5.91 Å². The summed E-state index contributed by atoms with van der Waals surface area (Å²) in [5, 5.41) is 3.91. The summed E-state index contributed by atoms with van der Waals surface area (Å²) in [6.07, 6.45) is 0. The van der Waals surface area contributed by atoms with E-state index in [1.807, 2.05) is 38.1 Å². The van der Waals surface area contributed by atoms with Crippen LogP contribution in [0.2, 0.25) is 5.02 Å². The van der Waals surface area contributed by atoms with Crippen LogP contribution in [-0.2, 0) is 4.79 Å². The maximum absolute atomic E-state index is 12.4. The minimum atomic E-state index is -0.545. The van der Waals surface area contributed by atoms with Crippen LogP contribution in [0.3, 0.4) is 0 Å². The van der Waals surface area contributed by atoms with Gasteiger partial charge < -0.3 is 4.90 Å². The third-order valence-electron chi connectivity index (χ3n) is 2.99. The van der Waals surface area contributed by atoms with Crippen LogP contribution in [-0.4, -0.2) is 24.0 Å². The number of anilines is 1. The van der Waals surface area contributed by atoms with E-state index in [4.69, 9.17) is 11.6 Å². The van der Waals surface area contributed by atoms with Gasteiger partial charge in [0.25, 0.3) is 0 Å². The summed E-state index contributed by atoms with van der Waals surface area (Å²) >= 11 is 6.15. The Morgan fingerprint density at radius 1 is 1.41 bits per heavy atom. The Morgan fingerprint density at radius 2 is 2.06 bits per heavy atom. The Bertz CT molecular complexity index is 445. The Morgan fingerprint density at radius 3 is 2.71 bits per heavy atom.